The monoisotopic (exact) mass is 254 g/mol. The second-order valence-electron chi connectivity index (χ2n) is 6.13. The van der Waals surface area contributed by atoms with Crippen molar-refractivity contribution in [1.29, 1.82) is 0 Å². The van der Waals surface area contributed by atoms with E-state index in [2.05, 4.69) is 35.1 Å². The van der Waals surface area contributed by atoms with Crippen molar-refractivity contribution in [1.82, 2.24) is 21.3 Å². The van der Waals surface area contributed by atoms with Gasteiger partial charge >= 0.3 is 6.03 Å². The van der Waals surface area contributed by atoms with Gasteiger partial charge in [0, 0.05) is 38.3 Å². The van der Waals surface area contributed by atoms with E-state index in [9.17, 15) is 4.79 Å². The molecule has 104 valence electrons. The molecule has 1 heterocycles. The third kappa shape index (κ3) is 2.95. The smallest absolute Gasteiger partial charge is 0.314 e. The third-order valence-electron chi connectivity index (χ3n) is 4.45. The van der Waals surface area contributed by atoms with Crippen molar-refractivity contribution in [2.45, 2.75) is 38.3 Å². The van der Waals surface area contributed by atoms with Crippen LogP contribution in [0, 0.1) is 11.8 Å². The van der Waals surface area contributed by atoms with Gasteiger partial charge in [-0.25, -0.2) is 4.79 Å². The summed E-state index contributed by atoms with van der Waals surface area (Å²) in [6.45, 7) is 7.54. The maximum atomic E-state index is 11.2. The molecule has 0 bridgehead atoms. The largest absolute Gasteiger partial charge is 0.341 e. The van der Waals surface area contributed by atoms with E-state index in [-0.39, 0.29) is 11.6 Å². The molecule has 1 saturated carbocycles. The van der Waals surface area contributed by atoms with E-state index in [1.807, 2.05) is 0 Å². The van der Waals surface area contributed by atoms with Crippen LogP contribution in [0.4, 0.5) is 4.79 Å². The summed E-state index contributed by atoms with van der Waals surface area (Å²) in [5.74, 6) is 1.27. The Labute approximate surface area is 109 Å². The molecule has 2 amide bonds. The molecule has 5 heteroatoms. The van der Waals surface area contributed by atoms with Crippen LogP contribution in [-0.2, 0) is 0 Å². The van der Waals surface area contributed by atoms with Crippen LogP contribution in [0.5, 0.6) is 0 Å². The number of hydrogen-bond acceptors (Lipinski definition) is 3. The highest BCUT2D eigenvalue weighted by Crippen LogP contribution is 2.41. The average molecular weight is 254 g/mol. The predicted octanol–water partition coefficient (Wildman–Crippen LogP) is 0.282. The Morgan fingerprint density at radius 3 is 2.50 bits per heavy atom. The van der Waals surface area contributed by atoms with Gasteiger partial charge in [0.05, 0.1) is 0 Å². The summed E-state index contributed by atoms with van der Waals surface area (Å²) in [6, 6.07) is 0.544. The van der Waals surface area contributed by atoms with Crippen LogP contribution >= 0.6 is 0 Å². The Bertz CT molecular complexity index is 301. The van der Waals surface area contributed by atoms with Crippen molar-refractivity contribution in [2.24, 2.45) is 11.8 Å². The molecule has 2 fully saturated rings. The lowest BCUT2D eigenvalue weighted by molar-refractivity contribution is 0.0617. The van der Waals surface area contributed by atoms with Crippen molar-refractivity contribution in [3.8, 4) is 0 Å². The van der Waals surface area contributed by atoms with Gasteiger partial charge in [0.2, 0.25) is 0 Å². The topological polar surface area (TPSA) is 65.2 Å². The Hall–Kier alpha value is -0.810. The van der Waals surface area contributed by atoms with Gasteiger partial charge in [-0.05, 0) is 38.5 Å². The average Bonchev–Trinajstić information content (AvgIpc) is 2.21. The Balaban J connectivity index is 1.78. The highest BCUT2D eigenvalue weighted by atomic mass is 16.2. The number of nitrogens with one attached hydrogen (secondary N) is 4. The van der Waals surface area contributed by atoms with Gasteiger partial charge in [0.25, 0.3) is 0 Å². The zero-order valence-electron chi connectivity index (χ0n) is 11.7. The molecular weight excluding hydrogens is 228 g/mol. The van der Waals surface area contributed by atoms with Gasteiger partial charge in [-0.15, -0.1) is 0 Å². The van der Waals surface area contributed by atoms with E-state index in [0.717, 1.165) is 19.6 Å². The Morgan fingerprint density at radius 1 is 1.33 bits per heavy atom. The van der Waals surface area contributed by atoms with Crippen molar-refractivity contribution >= 4 is 6.03 Å². The molecule has 4 N–H and O–H groups in total. The van der Waals surface area contributed by atoms with Gasteiger partial charge in [0.15, 0.2) is 0 Å². The third-order valence-corrected chi connectivity index (χ3v) is 4.45. The molecule has 0 aromatic carbocycles. The van der Waals surface area contributed by atoms with E-state index in [4.69, 9.17) is 0 Å². The van der Waals surface area contributed by atoms with E-state index < -0.39 is 0 Å². The van der Waals surface area contributed by atoms with E-state index in [1.54, 1.807) is 7.05 Å². The molecule has 0 radical (unpaired) electrons. The summed E-state index contributed by atoms with van der Waals surface area (Å²) < 4.78 is 0. The molecule has 2 atom stereocenters. The Morgan fingerprint density at radius 2 is 2.06 bits per heavy atom. The second-order valence-corrected chi connectivity index (χ2v) is 6.13. The number of carbonyl (C=O) groups excluding carboxylic acids is 1. The lowest BCUT2D eigenvalue weighted by atomic mass is 9.64. The quantitative estimate of drug-likeness (QED) is 0.570. The lowest BCUT2D eigenvalue weighted by Crippen LogP contribution is -2.65. The Kier molecular flexibility index (Phi) is 4.12. The fourth-order valence-corrected chi connectivity index (χ4v) is 3.10. The zero-order valence-corrected chi connectivity index (χ0v) is 11.7. The maximum Gasteiger partial charge on any atom is 0.314 e. The summed E-state index contributed by atoms with van der Waals surface area (Å²) in [7, 11) is 1.66. The summed E-state index contributed by atoms with van der Waals surface area (Å²) in [5.41, 5.74) is 0.167. The highest BCUT2D eigenvalue weighted by molar-refractivity contribution is 5.73. The van der Waals surface area contributed by atoms with E-state index in [0.29, 0.717) is 17.9 Å². The molecule has 1 saturated heterocycles. The normalized spacial score (nSPS) is 28.2. The fraction of sp³-hybridized carbons (Fsp3) is 0.923. The van der Waals surface area contributed by atoms with Crippen LogP contribution in [0.25, 0.3) is 0 Å². The van der Waals surface area contributed by atoms with Crippen LogP contribution in [0.3, 0.4) is 0 Å². The van der Waals surface area contributed by atoms with Crippen LogP contribution in [-0.4, -0.2) is 44.3 Å². The van der Waals surface area contributed by atoms with Gasteiger partial charge in [-0.3, -0.25) is 0 Å². The molecule has 5 nitrogen and oxygen atoms in total. The van der Waals surface area contributed by atoms with E-state index in [1.165, 1.54) is 12.8 Å². The number of urea groups is 1. The van der Waals surface area contributed by atoms with Gasteiger partial charge < -0.3 is 21.3 Å². The standard InChI is InChI=1S/C13H26N4O/c1-13(2,17-10-7-15-8-10)11-5-4-9(11)6-16-12(18)14-3/h9-11,15,17H,4-8H2,1-3H3,(H2,14,16,18). The summed E-state index contributed by atoms with van der Waals surface area (Å²) >= 11 is 0. The maximum absolute atomic E-state index is 11.2. The molecule has 0 spiro atoms. The molecular formula is C13H26N4O. The number of amides is 2. The molecule has 0 aromatic rings. The molecule has 2 unspecified atom stereocenters. The van der Waals surface area contributed by atoms with E-state index >= 15 is 0 Å². The van der Waals surface area contributed by atoms with Crippen LogP contribution in [0.1, 0.15) is 26.7 Å². The summed E-state index contributed by atoms with van der Waals surface area (Å²) in [5, 5.41) is 12.6. The number of rotatable bonds is 5. The van der Waals surface area contributed by atoms with Crippen molar-refractivity contribution < 1.29 is 4.79 Å². The molecule has 1 aliphatic heterocycles. The first-order chi connectivity index (χ1) is 8.53. The van der Waals surface area contributed by atoms with Gasteiger partial charge in [0.1, 0.15) is 0 Å². The molecule has 0 aromatic heterocycles. The van der Waals surface area contributed by atoms with Crippen molar-refractivity contribution in [3.05, 3.63) is 0 Å². The minimum atomic E-state index is -0.0744. The molecule has 2 rings (SSSR count). The van der Waals surface area contributed by atoms with Crippen LogP contribution in [0.2, 0.25) is 0 Å². The SMILES string of the molecule is CNC(=O)NCC1CCC1C(C)(C)NC1CNC1. The minimum Gasteiger partial charge on any atom is -0.341 e. The molecule has 18 heavy (non-hydrogen) atoms. The summed E-state index contributed by atoms with van der Waals surface area (Å²) in [4.78, 5) is 11.2. The summed E-state index contributed by atoms with van der Waals surface area (Å²) in [6.07, 6.45) is 2.49. The highest BCUT2D eigenvalue weighted by Gasteiger charge is 2.43. The lowest BCUT2D eigenvalue weighted by Gasteiger charge is -2.50. The number of hydrogen-bond donors (Lipinski definition) is 4. The predicted molar refractivity (Wildman–Crippen MR) is 72.5 cm³/mol. The minimum absolute atomic E-state index is 0.0744. The van der Waals surface area contributed by atoms with Crippen LogP contribution in [0.15, 0.2) is 0 Å². The first-order valence-electron chi connectivity index (χ1n) is 6.97. The van der Waals surface area contributed by atoms with Crippen molar-refractivity contribution in [3.63, 3.8) is 0 Å². The fourth-order valence-electron chi connectivity index (χ4n) is 3.10. The molecule has 2 aliphatic rings. The second kappa shape index (κ2) is 5.45. The number of carbonyl (C=O) groups is 1. The molecule has 1 aliphatic carbocycles. The first-order valence-corrected chi connectivity index (χ1v) is 6.97. The van der Waals surface area contributed by atoms with Crippen LogP contribution < -0.4 is 21.3 Å². The van der Waals surface area contributed by atoms with Crippen molar-refractivity contribution in [2.75, 3.05) is 26.7 Å². The van der Waals surface area contributed by atoms with Gasteiger partial charge in [-0.1, -0.05) is 0 Å². The zero-order chi connectivity index (χ0) is 13.2. The first kappa shape index (κ1) is 13.6. The van der Waals surface area contributed by atoms with Gasteiger partial charge in [-0.2, -0.15) is 0 Å².